The zero-order chi connectivity index (χ0) is 35.6. The summed E-state index contributed by atoms with van der Waals surface area (Å²) in [5, 5.41) is 2.03. The summed E-state index contributed by atoms with van der Waals surface area (Å²) in [6, 6.07) is 52.2. The van der Waals surface area contributed by atoms with Gasteiger partial charge < -0.3 is 13.7 Å². The molecule has 11 rings (SSSR count). The van der Waals surface area contributed by atoms with Crippen LogP contribution in [0.2, 0.25) is 0 Å². The lowest BCUT2D eigenvalue weighted by molar-refractivity contribution is 0.620. The second kappa shape index (κ2) is 10.6. The van der Waals surface area contributed by atoms with E-state index in [9.17, 15) is 0 Å². The van der Waals surface area contributed by atoms with E-state index >= 15 is 0 Å². The van der Waals surface area contributed by atoms with E-state index in [1.807, 2.05) is 36.4 Å². The maximum absolute atomic E-state index is 6.87. The number of aromatic nitrogens is 1. The smallest absolute Gasteiger partial charge is 0.227 e. The van der Waals surface area contributed by atoms with Gasteiger partial charge in [0.2, 0.25) is 5.89 Å². The highest BCUT2D eigenvalue weighted by Gasteiger charge is 2.37. The second-order valence-electron chi connectivity index (χ2n) is 15.6. The van der Waals surface area contributed by atoms with Crippen LogP contribution >= 0.6 is 0 Å². The van der Waals surface area contributed by atoms with Crippen molar-refractivity contribution in [1.82, 2.24) is 4.98 Å². The van der Waals surface area contributed by atoms with Crippen molar-refractivity contribution in [2.75, 3.05) is 4.90 Å². The molecule has 2 aliphatic carbocycles. The van der Waals surface area contributed by atoms with Crippen molar-refractivity contribution in [1.29, 1.82) is 0 Å². The Morgan fingerprint density at radius 1 is 0.472 bits per heavy atom. The zero-order valence-corrected chi connectivity index (χ0v) is 30.1. The molecule has 0 spiro atoms. The summed E-state index contributed by atoms with van der Waals surface area (Å²) in [5.41, 5.74) is 17.6. The van der Waals surface area contributed by atoms with Crippen molar-refractivity contribution in [3.63, 3.8) is 0 Å². The van der Waals surface area contributed by atoms with Gasteiger partial charge in [-0.25, -0.2) is 4.98 Å². The van der Waals surface area contributed by atoms with Crippen LogP contribution in [0.3, 0.4) is 0 Å². The fraction of sp³-hybridized carbons (Fsp3) is 0.122. The third kappa shape index (κ3) is 4.21. The number of rotatable bonds is 4. The summed E-state index contributed by atoms with van der Waals surface area (Å²) < 4.78 is 13.2. The summed E-state index contributed by atoms with van der Waals surface area (Å²) in [6.07, 6.45) is 0. The van der Waals surface area contributed by atoms with Gasteiger partial charge >= 0.3 is 0 Å². The normalized spacial score (nSPS) is 14.7. The van der Waals surface area contributed by atoms with Crippen LogP contribution in [0.5, 0.6) is 0 Å². The van der Waals surface area contributed by atoms with E-state index in [0.29, 0.717) is 5.89 Å². The lowest BCUT2D eigenvalue weighted by Gasteiger charge is -2.28. The van der Waals surface area contributed by atoms with Gasteiger partial charge in [-0.2, -0.15) is 0 Å². The molecule has 4 heteroatoms. The van der Waals surface area contributed by atoms with Gasteiger partial charge in [0.05, 0.1) is 5.69 Å². The first-order valence-corrected chi connectivity index (χ1v) is 18.4. The van der Waals surface area contributed by atoms with Crippen molar-refractivity contribution in [2.24, 2.45) is 0 Å². The minimum absolute atomic E-state index is 0.0811. The first kappa shape index (κ1) is 30.3. The Balaban J connectivity index is 1.14. The van der Waals surface area contributed by atoms with E-state index in [1.54, 1.807) is 0 Å². The Kier molecular flexibility index (Phi) is 6.04. The molecule has 0 radical (unpaired) electrons. The molecule has 2 aromatic heterocycles. The predicted molar refractivity (Wildman–Crippen MR) is 217 cm³/mol. The van der Waals surface area contributed by atoms with Crippen LogP contribution in [-0.4, -0.2) is 4.98 Å². The number of anilines is 3. The maximum atomic E-state index is 6.87. The second-order valence-corrected chi connectivity index (χ2v) is 15.6. The van der Waals surface area contributed by atoms with E-state index in [-0.39, 0.29) is 10.8 Å². The Hall–Kier alpha value is -6.39. The lowest BCUT2D eigenvalue weighted by Crippen LogP contribution is -2.16. The summed E-state index contributed by atoms with van der Waals surface area (Å²) >= 11 is 0. The van der Waals surface area contributed by atoms with Gasteiger partial charge in [0.1, 0.15) is 11.1 Å². The third-order valence-corrected chi connectivity index (χ3v) is 11.9. The molecular weight excluding hydrogens is 649 g/mol. The first-order chi connectivity index (χ1) is 25.8. The quantitative estimate of drug-likeness (QED) is 0.185. The average Bonchev–Trinajstić information content (AvgIpc) is 3.89. The van der Waals surface area contributed by atoms with Crippen LogP contribution in [0.15, 0.2) is 154 Å². The topological polar surface area (TPSA) is 42.4 Å². The summed E-state index contributed by atoms with van der Waals surface area (Å²) in [5.74, 6) is 0.604. The van der Waals surface area contributed by atoms with Gasteiger partial charge in [-0.3, -0.25) is 0 Å². The van der Waals surface area contributed by atoms with Gasteiger partial charge in [-0.05, 0) is 93.0 Å². The summed E-state index contributed by atoms with van der Waals surface area (Å²) in [6.45, 7) is 9.32. The molecule has 0 bridgehead atoms. The molecule has 0 unspecified atom stereocenters. The predicted octanol–water partition coefficient (Wildman–Crippen LogP) is 13.5. The van der Waals surface area contributed by atoms with Gasteiger partial charge in [-0.1, -0.05) is 119 Å². The molecule has 0 fully saturated rings. The summed E-state index contributed by atoms with van der Waals surface area (Å²) in [7, 11) is 0. The van der Waals surface area contributed by atoms with Gasteiger partial charge in [0, 0.05) is 44.6 Å². The molecule has 0 amide bonds. The Morgan fingerprint density at radius 3 is 1.70 bits per heavy atom. The van der Waals surface area contributed by atoms with Crippen LogP contribution in [0, 0.1) is 0 Å². The highest BCUT2D eigenvalue weighted by molar-refractivity contribution is 6.13. The van der Waals surface area contributed by atoms with Gasteiger partial charge in [0.25, 0.3) is 0 Å². The minimum Gasteiger partial charge on any atom is -0.454 e. The van der Waals surface area contributed by atoms with Crippen LogP contribution < -0.4 is 4.90 Å². The van der Waals surface area contributed by atoms with Gasteiger partial charge in [-0.15, -0.1) is 0 Å². The fourth-order valence-corrected chi connectivity index (χ4v) is 9.21. The van der Waals surface area contributed by atoms with E-state index in [4.69, 9.17) is 13.8 Å². The van der Waals surface area contributed by atoms with E-state index in [2.05, 4.69) is 142 Å². The molecule has 4 nitrogen and oxygen atoms in total. The maximum Gasteiger partial charge on any atom is 0.227 e. The van der Waals surface area contributed by atoms with Crippen molar-refractivity contribution in [2.45, 2.75) is 38.5 Å². The highest BCUT2D eigenvalue weighted by atomic mass is 16.4. The van der Waals surface area contributed by atoms with Crippen LogP contribution in [0.1, 0.15) is 49.9 Å². The molecule has 7 aromatic carbocycles. The number of para-hydroxylation sites is 1. The van der Waals surface area contributed by atoms with Crippen LogP contribution in [-0.2, 0) is 10.8 Å². The molecule has 254 valence electrons. The fourth-order valence-electron chi connectivity index (χ4n) is 9.21. The number of furan rings is 1. The Bertz CT molecular complexity index is 2860. The number of nitrogens with zero attached hydrogens (tertiary/aromatic N) is 2. The summed E-state index contributed by atoms with van der Waals surface area (Å²) in [4.78, 5) is 7.22. The zero-order valence-electron chi connectivity index (χ0n) is 30.1. The van der Waals surface area contributed by atoms with E-state index < -0.39 is 0 Å². The van der Waals surface area contributed by atoms with Crippen molar-refractivity contribution in [3.05, 3.63) is 168 Å². The van der Waals surface area contributed by atoms with Crippen LogP contribution in [0.25, 0.3) is 66.7 Å². The minimum atomic E-state index is -0.0811. The van der Waals surface area contributed by atoms with Crippen molar-refractivity contribution >= 4 is 50.1 Å². The lowest BCUT2D eigenvalue weighted by atomic mass is 9.82. The first-order valence-electron chi connectivity index (χ1n) is 18.4. The monoisotopic (exact) mass is 684 g/mol. The Morgan fingerprint density at radius 2 is 1.06 bits per heavy atom. The number of oxazole rings is 1. The molecule has 0 N–H and O–H groups in total. The molecule has 0 atom stereocenters. The number of fused-ring (bicyclic) bond motifs is 10. The van der Waals surface area contributed by atoms with Crippen molar-refractivity contribution < 1.29 is 8.83 Å². The van der Waals surface area contributed by atoms with Gasteiger partial charge in [0.15, 0.2) is 11.2 Å². The number of benzene rings is 7. The average molecular weight is 685 g/mol. The van der Waals surface area contributed by atoms with E-state index in [1.165, 1.54) is 44.5 Å². The molecule has 0 saturated heterocycles. The third-order valence-electron chi connectivity index (χ3n) is 11.9. The van der Waals surface area contributed by atoms with E-state index in [0.717, 1.165) is 55.7 Å². The van der Waals surface area contributed by atoms with Crippen molar-refractivity contribution in [3.8, 4) is 33.7 Å². The largest absolute Gasteiger partial charge is 0.454 e. The molecular formula is C49H36N2O2. The van der Waals surface area contributed by atoms with Crippen LogP contribution in [0.4, 0.5) is 17.1 Å². The molecule has 0 saturated carbocycles. The number of hydrogen-bond donors (Lipinski definition) is 0. The molecule has 2 heterocycles. The standard InChI is InChI=1S/C49H36N2O2/c1-48(2)38-18-10-8-15-32(38)35-25-30(21-23-40(35)48)51(31-22-24-41-36(26-31)33-16-9-11-19-39(33)49(41,3)4)43-20-12-17-34-37-27-45-42(28-44(37)52-46(34)43)50-47(53-45)29-13-6-5-7-14-29/h5-28H,1-4H3. The molecule has 9 aromatic rings. The molecule has 0 aliphatic heterocycles. The SMILES string of the molecule is CC1(C)c2ccccc2-c2cc(N(c3ccc4c(c3)-c3ccccc3C4(C)C)c3cccc4c3oc3cc5nc(-c6ccccc6)oc5cc34)ccc21. The molecule has 53 heavy (non-hydrogen) atoms. The Labute approximate surface area is 308 Å². The number of hydrogen-bond acceptors (Lipinski definition) is 4. The highest BCUT2D eigenvalue weighted by Crippen LogP contribution is 2.54. The molecule has 2 aliphatic rings.